The maximum Gasteiger partial charge on any atom is 0.158 e. The molecular weight excluding hydrogens is 532 g/mol. The molecule has 8 atom stereocenters. The van der Waals surface area contributed by atoms with Crippen LogP contribution in [0.1, 0.15) is 123 Å². The van der Waals surface area contributed by atoms with Crippen LogP contribution in [0.15, 0.2) is 24.3 Å². The van der Waals surface area contributed by atoms with Gasteiger partial charge in [-0.3, -0.25) is 0 Å². The second-order valence-corrected chi connectivity index (χ2v) is 12.7. The third kappa shape index (κ3) is 11.8. The number of carbonyl (C=O) groups is 1. The van der Waals surface area contributed by atoms with Crippen LogP contribution >= 0.6 is 0 Å². The summed E-state index contributed by atoms with van der Waals surface area (Å²) < 4.78 is 38.0. The molecule has 0 spiro atoms. The zero-order valence-corrected chi connectivity index (χ0v) is 26.4. The van der Waals surface area contributed by atoms with Crippen LogP contribution in [0.2, 0.25) is 0 Å². The molecule has 4 fully saturated rings. The Morgan fingerprint density at radius 1 is 0.833 bits per heavy atom. The summed E-state index contributed by atoms with van der Waals surface area (Å²) in [7, 11) is 0. The second kappa shape index (κ2) is 19.3. The molecule has 0 radical (unpaired) electrons. The molecule has 3 saturated heterocycles. The van der Waals surface area contributed by atoms with Gasteiger partial charge in [0.05, 0.1) is 18.3 Å². The molecule has 1 saturated carbocycles. The van der Waals surface area contributed by atoms with Gasteiger partial charge in [0, 0.05) is 38.6 Å². The van der Waals surface area contributed by atoms with Crippen LogP contribution < -0.4 is 0 Å². The average Bonchev–Trinajstić information content (AvgIpc) is 3.32. The SMILES string of the molecule is CCCCCC(C=C[C@@H]1[C@@H](CC=CCCC(C)=O)[C@@H](OC2CCCCO2)C[C@H]1OC1CCCCO1)OC1CCCCO1. The van der Waals surface area contributed by atoms with Crippen molar-refractivity contribution in [1.82, 2.24) is 0 Å². The lowest BCUT2D eigenvalue weighted by Crippen LogP contribution is -2.31. The monoisotopic (exact) mass is 590 g/mol. The third-order valence-electron chi connectivity index (χ3n) is 9.14. The van der Waals surface area contributed by atoms with Crippen LogP contribution in [-0.2, 0) is 33.2 Å². The molecule has 240 valence electrons. The molecule has 1 aliphatic carbocycles. The predicted molar refractivity (Wildman–Crippen MR) is 164 cm³/mol. The van der Waals surface area contributed by atoms with Crippen molar-refractivity contribution >= 4 is 5.78 Å². The fourth-order valence-electron chi connectivity index (χ4n) is 6.72. The molecule has 0 N–H and O–H groups in total. The van der Waals surface area contributed by atoms with Gasteiger partial charge in [-0.25, -0.2) is 0 Å². The van der Waals surface area contributed by atoms with E-state index in [4.69, 9.17) is 28.4 Å². The van der Waals surface area contributed by atoms with E-state index in [0.29, 0.717) is 6.42 Å². The van der Waals surface area contributed by atoms with Crippen LogP contribution in [0.4, 0.5) is 0 Å². The number of ketones is 1. The maximum absolute atomic E-state index is 11.5. The maximum atomic E-state index is 11.5. The number of ether oxygens (including phenoxy) is 6. The number of Topliss-reactive ketones (excluding diaryl/α,β-unsaturated/α-hetero) is 1. The lowest BCUT2D eigenvalue weighted by Gasteiger charge is -2.30. The number of carbonyl (C=O) groups excluding carboxylic acids is 1. The van der Waals surface area contributed by atoms with Crippen molar-refractivity contribution in [2.24, 2.45) is 11.8 Å². The topological polar surface area (TPSA) is 72.5 Å². The Kier molecular flexibility index (Phi) is 15.6. The average molecular weight is 591 g/mol. The number of unbranched alkanes of at least 4 members (excludes halogenated alkanes) is 2. The van der Waals surface area contributed by atoms with E-state index in [9.17, 15) is 4.79 Å². The highest BCUT2D eigenvalue weighted by atomic mass is 16.7. The van der Waals surface area contributed by atoms with Crippen LogP contribution in [0.3, 0.4) is 0 Å². The normalized spacial score (nSPS) is 33.4. The van der Waals surface area contributed by atoms with E-state index in [2.05, 4.69) is 31.2 Å². The summed E-state index contributed by atoms with van der Waals surface area (Å²) in [6.45, 7) is 6.23. The first-order valence-electron chi connectivity index (χ1n) is 17.3. The van der Waals surface area contributed by atoms with Crippen molar-refractivity contribution < 1.29 is 33.2 Å². The molecule has 0 bridgehead atoms. The van der Waals surface area contributed by atoms with Crippen LogP contribution in [0.25, 0.3) is 0 Å². The molecule has 3 aliphatic heterocycles. The van der Waals surface area contributed by atoms with Gasteiger partial charge < -0.3 is 33.2 Å². The minimum atomic E-state index is -0.150. The van der Waals surface area contributed by atoms with Gasteiger partial charge in [0.15, 0.2) is 18.9 Å². The van der Waals surface area contributed by atoms with Gasteiger partial charge >= 0.3 is 0 Å². The van der Waals surface area contributed by atoms with Gasteiger partial charge in [0.1, 0.15) is 5.78 Å². The number of hydrogen-bond donors (Lipinski definition) is 0. The van der Waals surface area contributed by atoms with Gasteiger partial charge in [0.2, 0.25) is 0 Å². The first-order chi connectivity index (χ1) is 20.6. The molecular formula is C35H58O7. The standard InChI is InChI=1S/C35H58O7/c1-3-4-6-16-28(40-33-18-9-12-23-37-33)21-22-30-29(17-8-5-7-15-27(2)36)31(41-34-19-10-13-24-38-34)26-32(30)42-35-20-11-14-25-39-35/h5,8,21-22,28-35H,3-4,6-7,9-20,23-26H2,1-2H3/t28?,29-,30-,31+,32-,33?,34?,35?/m1/s1. The summed E-state index contributed by atoms with van der Waals surface area (Å²) in [5, 5.41) is 0. The van der Waals surface area contributed by atoms with E-state index >= 15 is 0 Å². The van der Waals surface area contributed by atoms with Gasteiger partial charge in [0.25, 0.3) is 0 Å². The van der Waals surface area contributed by atoms with Gasteiger partial charge in [-0.15, -0.1) is 0 Å². The van der Waals surface area contributed by atoms with Crippen molar-refractivity contribution in [2.75, 3.05) is 19.8 Å². The summed E-state index contributed by atoms with van der Waals surface area (Å²) in [5.74, 6) is 0.649. The van der Waals surface area contributed by atoms with Crippen molar-refractivity contribution in [3.8, 4) is 0 Å². The summed E-state index contributed by atoms with van der Waals surface area (Å²) in [6.07, 6.45) is 26.0. The molecule has 4 unspecified atom stereocenters. The summed E-state index contributed by atoms with van der Waals surface area (Å²) in [6, 6.07) is 0. The first-order valence-corrected chi connectivity index (χ1v) is 17.3. The van der Waals surface area contributed by atoms with Crippen molar-refractivity contribution in [3.05, 3.63) is 24.3 Å². The molecule has 7 heteroatoms. The Bertz CT molecular complexity index is 795. The number of hydrogen-bond acceptors (Lipinski definition) is 7. The third-order valence-corrected chi connectivity index (χ3v) is 9.14. The highest BCUT2D eigenvalue weighted by Gasteiger charge is 2.45. The van der Waals surface area contributed by atoms with E-state index in [0.717, 1.165) is 110 Å². The first kappa shape index (κ1) is 33.8. The zero-order valence-electron chi connectivity index (χ0n) is 26.4. The summed E-state index contributed by atoms with van der Waals surface area (Å²) in [5.41, 5.74) is 0. The summed E-state index contributed by atoms with van der Waals surface area (Å²) in [4.78, 5) is 11.5. The minimum Gasteiger partial charge on any atom is -0.353 e. The molecule has 3 heterocycles. The molecule has 0 aromatic carbocycles. The van der Waals surface area contributed by atoms with Crippen LogP contribution in [0, 0.1) is 11.8 Å². The summed E-state index contributed by atoms with van der Waals surface area (Å²) >= 11 is 0. The van der Waals surface area contributed by atoms with E-state index in [1.54, 1.807) is 6.92 Å². The molecule has 7 nitrogen and oxygen atoms in total. The van der Waals surface area contributed by atoms with E-state index in [1.165, 1.54) is 12.8 Å². The van der Waals surface area contributed by atoms with Gasteiger partial charge in [-0.05, 0) is 89.9 Å². The molecule has 42 heavy (non-hydrogen) atoms. The van der Waals surface area contributed by atoms with Gasteiger partial charge in [-0.2, -0.15) is 0 Å². The highest BCUT2D eigenvalue weighted by Crippen LogP contribution is 2.42. The lowest BCUT2D eigenvalue weighted by atomic mass is 9.89. The molecule has 4 aliphatic rings. The molecule has 4 rings (SSSR count). The van der Waals surface area contributed by atoms with Crippen molar-refractivity contribution in [1.29, 1.82) is 0 Å². The highest BCUT2D eigenvalue weighted by molar-refractivity contribution is 5.75. The Balaban J connectivity index is 1.52. The fraction of sp³-hybridized carbons (Fsp3) is 0.857. The molecule has 0 amide bonds. The molecule has 0 aromatic rings. The Labute approximate surface area is 255 Å². The lowest BCUT2D eigenvalue weighted by molar-refractivity contribution is -0.203. The second-order valence-electron chi connectivity index (χ2n) is 12.7. The molecule has 0 aromatic heterocycles. The minimum absolute atomic E-state index is 0.00998. The van der Waals surface area contributed by atoms with E-state index in [1.807, 2.05) is 0 Å². The predicted octanol–water partition coefficient (Wildman–Crippen LogP) is 7.81. The van der Waals surface area contributed by atoms with Crippen molar-refractivity contribution in [3.63, 3.8) is 0 Å². The van der Waals surface area contributed by atoms with Crippen molar-refractivity contribution in [2.45, 2.75) is 160 Å². The van der Waals surface area contributed by atoms with Crippen LogP contribution in [-0.4, -0.2) is 62.8 Å². The number of rotatable bonds is 17. The van der Waals surface area contributed by atoms with E-state index in [-0.39, 0.29) is 54.8 Å². The number of allylic oxidation sites excluding steroid dienone is 2. The Morgan fingerprint density at radius 2 is 1.48 bits per heavy atom. The van der Waals surface area contributed by atoms with E-state index < -0.39 is 0 Å². The zero-order chi connectivity index (χ0) is 29.4. The fourth-order valence-corrected chi connectivity index (χ4v) is 6.72. The van der Waals surface area contributed by atoms with Crippen LogP contribution in [0.5, 0.6) is 0 Å². The Hall–Kier alpha value is -1.09. The Morgan fingerprint density at radius 3 is 2.07 bits per heavy atom. The van der Waals surface area contributed by atoms with Gasteiger partial charge in [-0.1, -0.05) is 50.5 Å². The largest absolute Gasteiger partial charge is 0.353 e. The quantitative estimate of drug-likeness (QED) is 0.126. The smallest absolute Gasteiger partial charge is 0.158 e.